The summed E-state index contributed by atoms with van der Waals surface area (Å²) >= 11 is 1.48. The topological polar surface area (TPSA) is 104 Å². The Hall–Kier alpha value is -2.57. The van der Waals surface area contributed by atoms with E-state index in [1.54, 1.807) is 0 Å². The minimum atomic E-state index is -4.54. The number of anilines is 1. The molecule has 0 amide bonds. The quantitative estimate of drug-likeness (QED) is 0.568. The van der Waals surface area contributed by atoms with E-state index in [0.29, 0.717) is 22.9 Å². The van der Waals surface area contributed by atoms with Gasteiger partial charge in [0.15, 0.2) is 5.69 Å². The van der Waals surface area contributed by atoms with Gasteiger partial charge in [-0.1, -0.05) is 6.92 Å². The zero-order valence-electron chi connectivity index (χ0n) is 17.5. The number of alkyl halides is 3. The van der Waals surface area contributed by atoms with Gasteiger partial charge in [0.2, 0.25) is 0 Å². The lowest BCUT2D eigenvalue weighted by atomic mass is 10.0. The van der Waals surface area contributed by atoms with Crippen LogP contribution < -0.4 is 9.64 Å². The van der Waals surface area contributed by atoms with E-state index in [1.807, 2.05) is 17.9 Å². The van der Waals surface area contributed by atoms with Gasteiger partial charge in [0, 0.05) is 17.0 Å². The molecule has 2 N–H and O–H groups in total. The van der Waals surface area contributed by atoms with Gasteiger partial charge in [0.25, 0.3) is 0 Å². The van der Waals surface area contributed by atoms with Crippen molar-refractivity contribution in [2.45, 2.75) is 45.5 Å². The number of rotatable bonds is 6. The first-order chi connectivity index (χ1) is 15.2. The predicted octanol–water partition coefficient (Wildman–Crippen LogP) is 2.67. The molecule has 1 aliphatic rings. The summed E-state index contributed by atoms with van der Waals surface area (Å²) in [5, 5.41) is 19.4. The van der Waals surface area contributed by atoms with Crippen molar-refractivity contribution in [3.8, 4) is 6.01 Å². The number of hydrogen-bond acceptors (Lipinski definition) is 9. The highest BCUT2D eigenvalue weighted by atomic mass is 32.1. The summed E-state index contributed by atoms with van der Waals surface area (Å²) in [6.45, 7) is 3.26. The van der Waals surface area contributed by atoms with Gasteiger partial charge in [-0.25, -0.2) is 9.97 Å². The van der Waals surface area contributed by atoms with Crippen molar-refractivity contribution in [1.29, 1.82) is 0 Å². The van der Waals surface area contributed by atoms with Crippen LogP contribution in [0.4, 0.5) is 19.0 Å². The Morgan fingerprint density at radius 3 is 2.72 bits per heavy atom. The lowest BCUT2D eigenvalue weighted by molar-refractivity contribution is -0.142. The Kier molecular flexibility index (Phi) is 6.19. The number of aromatic nitrogens is 4. The molecule has 12 heteroatoms. The molecule has 1 unspecified atom stereocenters. The number of fused-ring (bicyclic) bond motifs is 2. The average Bonchev–Trinajstić information content (AvgIpc) is 3.18. The predicted molar refractivity (Wildman–Crippen MR) is 112 cm³/mol. The van der Waals surface area contributed by atoms with Crippen LogP contribution in [0.15, 0.2) is 6.07 Å². The van der Waals surface area contributed by atoms with Crippen molar-refractivity contribution in [3.63, 3.8) is 0 Å². The van der Waals surface area contributed by atoms with Crippen molar-refractivity contribution in [2.24, 2.45) is 0 Å². The van der Waals surface area contributed by atoms with Crippen molar-refractivity contribution < 1.29 is 28.1 Å². The summed E-state index contributed by atoms with van der Waals surface area (Å²) in [4.78, 5) is 20.4. The maximum absolute atomic E-state index is 13.5. The van der Waals surface area contributed by atoms with E-state index < -0.39 is 24.6 Å². The van der Waals surface area contributed by atoms with Crippen LogP contribution in [0.1, 0.15) is 34.6 Å². The lowest BCUT2D eigenvalue weighted by Gasteiger charge is -2.31. The molecular weight excluding hydrogens is 447 g/mol. The Morgan fingerprint density at radius 1 is 1.25 bits per heavy atom. The van der Waals surface area contributed by atoms with Crippen LogP contribution in [0, 0.1) is 6.92 Å². The normalized spacial score (nSPS) is 15.2. The van der Waals surface area contributed by atoms with Crippen LogP contribution >= 0.6 is 11.3 Å². The minimum absolute atomic E-state index is 0.0325. The first kappa shape index (κ1) is 22.6. The third-order valence-corrected chi connectivity index (χ3v) is 6.29. The summed E-state index contributed by atoms with van der Waals surface area (Å²) in [5.74, 6) is 0.603. The molecule has 0 saturated carbocycles. The molecule has 3 aromatic rings. The van der Waals surface area contributed by atoms with Gasteiger partial charge in [-0.05, 0) is 25.8 Å². The average molecular weight is 469 g/mol. The molecule has 1 atom stereocenters. The lowest BCUT2D eigenvalue weighted by Crippen LogP contribution is -2.34. The van der Waals surface area contributed by atoms with E-state index in [4.69, 9.17) is 9.84 Å². The molecule has 8 nitrogen and oxygen atoms in total. The molecule has 0 saturated heterocycles. The van der Waals surface area contributed by atoms with Crippen molar-refractivity contribution >= 4 is 27.4 Å². The van der Waals surface area contributed by atoms with Crippen molar-refractivity contribution in [2.75, 3.05) is 24.7 Å². The second-order valence-corrected chi connectivity index (χ2v) is 8.59. The smallest absolute Gasteiger partial charge is 0.433 e. The number of halogens is 3. The molecule has 4 rings (SSSR count). The molecular formula is C20H22F3N5O3S. The van der Waals surface area contributed by atoms with Crippen LogP contribution in [0.25, 0.3) is 10.2 Å². The highest BCUT2D eigenvalue weighted by Crippen LogP contribution is 2.37. The molecule has 0 bridgehead atoms. The molecule has 0 radical (unpaired) electrons. The Balaban J connectivity index is 1.73. The molecule has 172 valence electrons. The maximum atomic E-state index is 13.5. The summed E-state index contributed by atoms with van der Waals surface area (Å²) in [5.41, 5.74) is -0.433. The number of thiophene rings is 1. The van der Waals surface area contributed by atoms with Gasteiger partial charge in [-0.15, -0.1) is 11.3 Å². The largest absolute Gasteiger partial charge is 0.461 e. The second-order valence-electron chi connectivity index (χ2n) is 7.48. The first-order valence-electron chi connectivity index (χ1n) is 10.1. The highest BCUT2D eigenvalue weighted by molar-refractivity contribution is 7.18. The molecule has 4 heterocycles. The van der Waals surface area contributed by atoms with Crippen LogP contribution in [0.2, 0.25) is 0 Å². The molecule has 0 aliphatic carbocycles. The molecule has 1 aliphatic heterocycles. The van der Waals surface area contributed by atoms with Crippen molar-refractivity contribution in [1.82, 2.24) is 19.9 Å². The third kappa shape index (κ3) is 4.48. The number of aliphatic hydroxyl groups excluding tert-OH is 2. The van der Waals surface area contributed by atoms with E-state index in [9.17, 15) is 18.3 Å². The SMILES string of the molecule is CCc1cc2c(N3CCc4c(nc(C)nc4C(F)(F)F)C3)nc(OCC(O)CO)nc2s1. The molecule has 0 spiro atoms. The van der Waals surface area contributed by atoms with Gasteiger partial charge in [-0.3, -0.25) is 0 Å². The van der Waals surface area contributed by atoms with Gasteiger partial charge in [-0.2, -0.15) is 23.1 Å². The molecule has 0 aromatic carbocycles. The monoisotopic (exact) mass is 469 g/mol. The van der Waals surface area contributed by atoms with Crippen LogP contribution in [-0.2, 0) is 25.6 Å². The van der Waals surface area contributed by atoms with Crippen molar-refractivity contribution in [3.05, 3.63) is 33.7 Å². The van der Waals surface area contributed by atoms with E-state index in [-0.39, 0.29) is 37.0 Å². The van der Waals surface area contributed by atoms with Gasteiger partial charge in [0.05, 0.1) is 24.2 Å². The fraction of sp³-hybridized carbons (Fsp3) is 0.500. The third-order valence-electron chi connectivity index (χ3n) is 5.11. The standard InChI is InChI=1S/C20H22F3N5O3S/c1-3-12-6-14-17(26-19(27-18(14)32-12)31-9-11(30)8-29)28-5-4-13-15(7-28)24-10(2)25-16(13)20(21,22)23/h6,11,29-30H,3-5,7-9H2,1-2H3. The van der Waals surface area contributed by atoms with E-state index in [0.717, 1.165) is 16.7 Å². The fourth-order valence-corrected chi connectivity index (χ4v) is 4.56. The Morgan fingerprint density at radius 2 is 2.03 bits per heavy atom. The van der Waals surface area contributed by atoms with Gasteiger partial charge >= 0.3 is 12.2 Å². The van der Waals surface area contributed by atoms with Gasteiger partial charge < -0.3 is 19.8 Å². The number of aliphatic hydroxyl groups is 2. The molecule has 0 fully saturated rings. The second kappa shape index (κ2) is 8.75. The van der Waals surface area contributed by atoms with Crippen LogP contribution in [0.3, 0.4) is 0 Å². The summed E-state index contributed by atoms with van der Waals surface area (Å²) < 4.78 is 45.9. The number of ether oxygens (including phenoxy) is 1. The van der Waals surface area contributed by atoms with Gasteiger partial charge in [0.1, 0.15) is 29.2 Å². The summed E-state index contributed by atoms with van der Waals surface area (Å²) in [7, 11) is 0. The summed E-state index contributed by atoms with van der Waals surface area (Å²) in [6.07, 6.45) is -4.70. The minimum Gasteiger partial charge on any atom is -0.461 e. The Labute approximate surface area is 185 Å². The number of aryl methyl sites for hydroxylation is 2. The van der Waals surface area contributed by atoms with E-state index in [1.165, 1.54) is 18.3 Å². The number of nitrogens with zero attached hydrogens (tertiary/aromatic N) is 5. The number of hydrogen-bond donors (Lipinski definition) is 2. The highest BCUT2D eigenvalue weighted by Gasteiger charge is 2.38. The Bertz CT molecular complexity index is 1140. The van der Waals surface area contributed by atoms with E-state index >= 15 is 0 Å². The first-order valence-corrected chi connectivity index (χ1v) is 10.9. The maximum Gasteiger partial charge on any atom is 0.433 e. The zero-order chi connectivity index (χ0) is 23.0. The van der Waals surface area contributed by atoms with E-state index in [2.05, 4.69) is 19.9 Å². The molecule has 3 aromatic heterocycles. The summed E-state index contributed by atoms with van der Waals surface area (Å²) in [6, 6.07) is 2.01. The fourth-order valence-electron chi connectivity index (χ4n) is 3.61. The van der Waals surface area contributed by atoms with Crippen LogP contribution in [-0.4, -0.2) is 56.0 Å². The zero-order valence-corrected chi connectivity index (χ0v) is 18.3. The molecule has 32 heavy (non-hydrogen) atoms. The van der Waals surface area contributed by atoms with Crippen LogP contribution in [0.5, 0.6) is 6.01 Å².